The summed E-state index contributed by atoms with van der Waals surface area (Å²) in [4.78, 5) is 16.4. The molecule has 3 aromatic rings. The Morgan fingerprint density at radius 2 is 2.17 bits per heavy atom. The Balaban J connectivity index is 2.05. The van der Waals surface area contributed by atoms with Gasteiger partial charge in [-0.05, 0) is 39.0 Å². The number of aliphatic imine (C=N–C) groups is 1. The molecule has 118 valence electrons. The molecule has 0 unspecified atom stereocenters. The fourth-order valence-corrected chi connectivity index (χ4v) is 2.47. The van der Waals surface area contributed by atoms with Gasteiger partial charge in [-0.25, -0.2) is 4.79 Å². The van der Waals surface area contributed by atoms with Gasteiger partial charge in [-0.1, -0.05) is 0 Å². The Labute approximate surface area is 132 Å². The van der Waals surface area contributed by atoms with Crippen molar-refractivity contribution in [3.8, 4) is 5.75 Å². The normalized spacial score (nSPS) is 12.0. The van der Waals surface area contributed by atoms with Gasteiger partial charge < -0.3 is 9.52 Å². The summed E-state index contributed by atoms with van der Waals surface area (Å²) in [6, 6.07) is 7.01. The van der Waals surface area contributed by atoms with Gasteiger partial charge in [0.1, 0.15) is 17.1 Å². The van der Waals surface area contributed by atoms with E-state index < -0.39 is 5.63 Å². The maximum atomic E-state index is 11.9. The minimum atomic E-state index is -0.594. The predicted molar refractivity (Wildman–Crippen MR) is 88.7 cm³/mol. The van der Waals surface area contributed by atoms with Gasteiger partial charge in [-0.15, -0.1) is 0 Å². The third-order valence-corrected chi connectivity index (χ3v) is 3.57. The molecular formula is C17H17N3O3. The van der Waals surface area contributed by atoms with E-state index in [4.69, 9.17) is 4.42 Å². The largest absolute Gasteiger partial charge is 0.507 e. The maximum Gasteiger partial charge on any atom is 0.348 e. The van der Waals surface area contributed by atoms with E-state index in [0.717, 1.165) is 17.4 Å². The minimum absolute atomic E-state index is 0.0833. The zero-order valence-electron chi connectivity index (χ0n) is 13.2. The van der Waals surface area contributed by atoms with E-state index in [9.17, 15) is 9.90 Å². The van der Waals surface area contributed by atoms with Gasteiger partial charge in [-0.3, -0.25) is 9.67 Å². The number of aromatic nitrogens is 2. The fourth-order valence-electron chi connectivity index (χ4n) is 2.47. The van der Waals surface area contributed by atoms with Crippen LogP contribution in [0.5, 0.6) is 5.75 Å². The van der Waals surface area contributed by atoms with Crippen LogP contribution in [-0.2, 0) is 6.54 Å². The lowest BCUT2D eigenvalue weighted by molar-refractivity contribution is 0.432. The number of aromatic hydroxyl groups is 1. The summed E-state index contributed by atoms with van der Waals surface area (Å²) < 4.78 is 6.88. The highest BCUT2D eigenvalue weighted by atomic mass is 16.4. The van der Waals surface area contributed by atoms with Crippen molar-refractivity contribution in [1.82, 2.24) is 9.78 Å². The zero-order chi connectivity index (χ0) is 16.6. The standard InChI is InChI=1S/C17H17N3O3/c1-4-20-9-12-8-13(5-6-14(12)19-20)18-11(3)16-15(21)7-10(2)23-17(16)22/h5-9,21H,4H2,1-3H3. The van der Waals surface area contributed by atoms with E-state index in [1.807, 2.05) is 36.0 Å². The molecule has 1 aromatic carbocycles. The van der Waals surface area contributed by atoms with Crippen LogP contribution in [0.2, 0.25) is 0 Å². The molecule has 0 fully saturated rings. The van der Waals surface area contributed by atoms with Crippen molar-refractivity contribution in [1.29, 1.82) is 0 Å². The van der Waals surface area contributed by atoms with Gasteiger partial charge in [0.25, 0.3) is 0 Å². The number of aryl methyl sites for hydroxylation is 2. The molecule has 1 N–H and O–H groups in total. The third-order valence-electron chi connectivity index (χ3n) is 3.57. The Morgan fingerprint density at radius 1 is 1.39 bits per heavy atom. The molecule has 0 aliphatic heterocycles. The number of hydrogen-bond donors (Lipinski definition) is 1. The van der Waals surface area contributed by atoms with E-state index in [1.54, 1.807) is 13.8 Å². The van der Waals surface area contributed by atoms with Crippen LogP contribution in [0.1, 0.15) is 25.2 Å². The molecule has 6 nitrogen and oxygen atoms in total. The van der Waals surface area contributed by atoms with E-state index in [-0.39, 0.29) is 11.3 Å². The topological polar surface area (TPSA) is 80.6 Å². The van der Waals surface area contributed by atoms with Gasteiger partial charge in [0.15, 0.2) is 0 Å². The molecule has 23 heavy (non-hydrogen) atoms. The SMILES string of the molecule is CCn1cc2cc(N=C(C)c3c(O)cc(C)oc3=O)ccc2n1. The zero-order valence-corrected chi connectivity index (χ0v) is 13.2. The summed E-state index contributed by atoms with van der Waals surface area (Å²) in [7, 11) is 0. The first-order chi connectivity index (χ1) is 11.0. The molecule has 0 aliphatic carbocycles. The van der Waals surface area contributed by atoms with E-state index in [1.165, 1.54) is 6.07 Å². The number of rotatable bonds is 3. The lowest BCUT2D eigenvalue weighted by Gasteiger charge is -2.03. The molecule has 0 saturated carbocycles. The summed E-state index contributed by atoms with van der Waals surface area (Å²) in [5.41, 5.74) is 1.47. The summed E-state index contributed by atoms with van der Waals surface area (Å²) in [6.07, 6.45) is 1.95. The van der Waals surface area contributed by atoms with Crippen molar-refractivity contribution in [2.45, 2.75) is 27.3 Å². The van der Waals surface area contributed by atoms with Gasteiger partial charge in [0.2, 0.25) is 0 Å². The highest BCUT2D eigenvalue weighted by molar-refractivity contribution is 6.02. The molecule has 0 aliphatic rings. The summed E-state index contributed by atoms with van der Waals surface area (Å²) in [6.45, 7) is 6.09. The Hall–Kier alpha value is -2.89. The van der Waals surface area contributed by atoms with Crippen LogP contribution in [0.25, 0.3) is 10.9 Å². The van der Waals surface area contributed by atoms with Crippen LogP contribution in [0.4, 0.5) is 5.69 Å². The lowest BCUT2D eigenvalue weighted by Crippen LogP contribution is -2.12. The number of nitrogens with zero attached hydrogens (tertiary/aromatic N) is 3. The van der Waals surface area contributed by atoms with Crippen molar-refractivity contribution in [2.75, 3.05) is 0 Å². The average Bonchev–Trinajstić information content (AvgIpc) is 2.88. The van der Waals surface area contributed by atoms with Crippen LogP contribution < -0.4 is 5.63 Å². The molecular weight excluding hydrogens is 294 g/mol. The van der Waals surface area contributed by atoms with E-state index in [2.05, 4.69) is 10.1 Å². The molecule has 0 amide bonds. The van der Waals surface area contributed by atoms with Gasteiger partial charge in [0, 0.05) is 24.2 Å². The highest BCUT2D eigenvalue weighted by Crippen LogP contribution is 2.23. The summed E-state index contributed by atoms with van der Waals surface area (Å²) >= 11 is 0. The van der Waals surface area contributed by atoms with Crippen LogP contribution >= 0.6 is 0 Å². The quantitative estimate of drug-likeness (QED) is 0.753. The van der Waals surface area contributed by atoms with Gasteiger partial charge >= 0.3 is 5.63 Å². The van der Waals surface area contributed by atoms with Crippen molar-refractivity contribution in [3.05, 3.63) is 52.2 Å². The first kappa shape index (κ1) is 15.0. The van der Waals surface area contributed by atoms with Crippen molar-refractivity contribution in [2.24, 2.45) is 4.99 Å². The molecule has 6 heteroatoms. The summed E-state index contributed by atoms with van der Waals surface area (Å²) in [5, 5.41) is 15.4. The second kappa shape index (κ2) is 5.72. The number of fused-ring (bicyclic) bond motifs is 1. The lowest BCUT2D eigenvalue weighted by atomic mass is 10.1. The second-order valence-corrected chi connectivity index (χ2v) is 5.33. The molecule has 0 spiro atoms. The maximum absolute atomic E-state index is 11.9. The van der Waals surface area contributed by atoms with E-state index >= 15 is 0 Å². The highest BCUT2D eigenvalue weighted by Gasteiger charge is 2.13. The van der Waals surface area contributed by atoms with Crippen molar-refractivity contribution < 1.29 is 9.52 Å². The number of benzene rings is 1. The Bertz CT molecular complexity index is 967. The molecule has 0 saturated heterocycles. The fraction of sp³-hybridized carbons (Fsp3) is 0.235. The van der Waals surface area contributed by atoms with Crippen molar-refractivity contribution >= 4 is 22.3 Å². The predicted octanol–water partition coefficient (Wildman–Crippen LogP) is 3.16. The van der Waals surface area contributed by atoms with Crippen LogP contribution in [0.15, 0.2) is 44.7 Å². The smallest absolute Gasteiger partial charge is 0.348 e. The molecule has 0 bridgehead atoms. The first-order valence-corrected chi connectivity index (χ1v) is 7.34. The van der Waals surface area contributed by atoms with E-state index in [0.29, 0.717) is 17.2 Å². The average molecular weight is 311 g/mol. The Morgan fingerprint density at radius 3 is 2.87 bits per heavy atom. The van der Waals surface area contributed by atoms with Crippen LogP contribution in [0, 0.1) is 6.92 Å². The van der Waals surface area contributed by atoms with Crippen LogP contribution in [-0.4, -0.2) is 20.6 Å². The van der Waals surface area contributed by atoms with Crippen molar-refractivity contribution in [3.63, 3.8) is 0 Å². The molecule has 2 aromatic heterocycles. The molecule has 0 radical (unpaired) electrons. The first-order valence-electron chi connectivity index (χ1n) is 7.34. The summed E-state index contributed by atoms with van der Waals surface area (Å²) in [5.74, 6) is 0.234. The monoisotopic (exact) mass is 311 g/mol. The second-order valence-electron chi connectivity index (χ2n) is 5.33. The third kappa shape index (κ3) is 2.88. The minimum Gasteiger partial charge on any atom is -0.507 e. The molecule has 3 rings (SSSR count). The Kier molecular flexibility index (Phi) is 3.73. The van der Waals surface area contributed by atoms with Gasteiger partial charge in [0.05, 0.1) is 16.9 Å². The van der Waals surface area contributed by atoms with Crippen LogP contribution in [0.3, 0.4) is 0 Å². The molecule has 2 heterocycles. The van der Waals surface area contributed by atoms with Gasteiger partial charge in [-0.2, -0.15) is 5.10 Å². The molecule has 0 atom stereocenters. The number of hydrogen-bond acceptors (Lipinski definition) is 5.